The van der Waals surface area contributed by atoms with E-state index in [9.17, 15) is 4.79 Å². The number of rotatable bonds is 2. The van der Waals surface area contributed by atoms with Crippen LogP contribution in [0.2, 0.25) is 0 Å². The number of anilines is 1. The number of hydrogen-bond donors (Lipinski definition) is 0. The first kappa shape index (κ1) is 15.9. The molecule has 4 rings (SSSR count). The van der Waals surface area contributed by atoms with E-state index < -0.39 is 0 Å². The van der Waals surface area contributed by atoms with Gasteiger partial charge >= 0.3 is 0 Å². The summed E-state index contributed by atoms with van der Waals surface area (Å²) in [4.78, 5) is 21.9. The van der Waals surface area contributed by atoms with Crippen molar-refractivity contribution in [2.75, 3.05) is 31.1 Å². The first-order valence-electron chi connectivity index (χ1n) is 9.19. The van der Waals surface area contributed by atoms with Crippen molar-refractivity contribution >= 4 is 33.1 Å². The summed E-state index contributed by atoms with van der Waals surface area (Å²) in [6, 6.07) is 4.25. The fraction of sp³-hybridized carbons (Fsp3) is 0.579. The molecule has 0 atom stereocenters. The van der Waals surface area contributed by atoms with Gasteiger partial charge in [-0.05, 0) is 43.2 Å². The number of hydrogen-bond acceptors (Lipinski definition) is 4. The fourth-order valence-corrected chi connectivity index (χ4v) is 4.80. The van der Waals surface area contributed by atoms with Gasteiger partial charge in [0.25, 0.3) is 0 Å². The zero-order valence-corrected chi connectivity index (χ0v) is 14.9. The molecular formula is C19H25N3OS. The van der Waals surface area contributed by atoms with Crippen LogP contribution in [0.4, 0.5) is 5.82 Å². The zero-order chi connectivity index (χ0) is 16.4. The lowest BCUT2D eigenvalue weighted by Gasteiger charge is -2.34. The zero-order valence-electron chi connectivity index (χ0n) is 14.1. The number of pyridine rings is 1. The Labute approximate surface area is 147 Å². The molecule has 1 amide bonds. The van der Waals surface area contributed by atoms with Gasteiger partial charge in [-0.25, -0.2) is 4.98 Å². The Bertz CT molecular complexity index is 697. The molecule has 0 aromatic carbocycles. The van der Waals surface area contributed by atoms with E-state index in [2.05, 4.69) is 32.3 Å². The van der Waals surface area contributed by atoms with Gasteiger partial charge in [0.15, 0.2) is 0 Å². The predicted molar refractivity (Wildman–Crippen MR) is 99.6 cm³/mol. The summed E-state index contributed by atoms with van der Waals surface area (Å²) >= 11 is 1.76. The molecule has 0 aliphatic carbocycles. The van der Waals surface area contributed by atoms with Gasteiger partial charge in [0.2, 0.25) is 5.91 Å². The molecule has 2 fully saturated rings. The molecule has 5 heteroatoms. The molecule has 0 unspecified atom stereocenters. The molecule has 2 aliphatic rings. The highest BCUT2D eigenvalue weighted by atomic mass is 32.1. The predicted octanol–water partition coefficient (Wildman–Crippen LogP) is 3.92. The number of likely N-dealkylation sites (tertiary alicyclic amines) is 1. The van der Waals surface area contributed by atoms with Crippen LogP contribution in [0.15, 0.2) is 23.7 Å². The van der Waals surface area contributed by atoms with Crippen LogP contribution >= 0.6 is 11.3 Å². The fourth-order valence-electron chi connectivity index (χ4n) is 4.02. The SMILES string of the molecule is O=C(C1CCN(c2nccc3sccc23)CC1)N1CCCCCC1. The maximum atomic E-state index is 12.8. The highest BCUT2D eigenvalue weighted by Crippen LogP contribution is 2.31. The van der Waals surface area contributed by atoms with Gasteiger partial charge in [-0.15, -0.1) is 11.3 Å². The number of thiophene rings is 1. The first-order valence-corrected chi connectivity index (χ1v) is 10.1. The molecule has 4 nitrogen and oxygen atoms in total. The molecule has 0 spiro atoms. The summed E-state index contributed by atoms with van der Waals surface area (Å²) in [6.45, 7) is 3.81. The lowest BCUT2D eigenvalue weighted by Crippen LogP contribution is -2.43. The van der Waals surface area contributed by atoms with Crippen LogP contribution in [-0.4, -0.2) is 42.0 Å². The van der Waals surface area contributed by atoms with Crippen molar-refractivity contribution < 1.29 is 4.79 Å². The van der Waals surface area contributed by atoms with E-state index in [-0.39, 0.29) is 5.92 Å². The molecule has 2 saturated heterocycles. The Morgan fingerprint density at radius 1 is 1.04 bits per heavy atom. The summed E-state index contributed by atoms with van der Waals surface area (Å²) < 4.78 is 1.29. The van der Waals surface area contributed by atoms with Crippen molar-refractivity contribution in [2.45, 2.75) is 38.5 Å². The molecular weight excluding hydrogens is 318 g/mol. The quantitative estimate of drug-likeness (QED) is 0.829. The second-order valence-electron chi connectivity index (χ2n) is 6.97. The van der Waals surface area contributed by atoms with Crippen LogP contribution in [0.3, 0.4) is 0 Å². The number of fused-ring (bicyclic) bond motifs is 1. The van der Waals surface area contributed by atoms with Crippen molar-refractivity contribution in [3.63, 3.8) is 0 Å². The normalized spacial score (nSPS) is 20.3. The molecule has 128 valence electrons. The second kappa shape index (κ2) is 7.09. The number of carbonyl (C=O) groups excluding carboxylic acids is 1. The van der Waals surface area contributed by atoms with Gasteiger partial charge in [-0.1, -0.05) is 12.8 Å². The van der Waals surface area contributed by atoms with Crippen molar-refractivity contribution in [3.8, 4) is 0 Å². The third-order valence-corrected chi connectivity index (χ3v) is 6.30. The summed E-state index contributed by atoms with van der Waals surface area (Å²) in [5.41, 5.74) is 0. The van der Waals surface area contributed by atoms with Gasteiger partial charge in [0, 0.05) is 48.4 Å². The van der Waals surface area contributed by atoms with Gasteiger partial charge in [-0.3, -0.25) is 4.79 Å². The summed E-state index contributed by atoms with van der Waals surface area (Å²) in [6.07, 6.45) is 8.72. The minimum atomic E-state index is 0.209. The van der Waals surface area contributed by atoms with Crippen LogP contribution < -0.4 is 4.90 Å². The second-order valence-corrected chi connectivity index (χ2v) is 7.92. The number of carbonyl (C=O) groups is 1. The van der Waals surface area contributed by atoms with E-state index in [1.807, 2.05) is 6.20 Å². The average molecular weight is 343 g/mol. The molecule has 0 bridgehead atoms. The first-order chi connectivity index (χ1) is 11.8. The molecule has 0 radical (unpaired) electrons. The van der Waals surface area contributed by atoms with E-state index in [4.69, 9.17) is 0 Å². The van der Waals surface area contributed by atoms with E-state index in [0.29, 0.717) is 5.91 Å². The molecule has 0 N–H and O–H groups in total. The third-order valence-electron chi connectivity index (χ3n) is 5.42. The molecule has 2 aromatic rings. The van der Waals surface area contributed by atoms with Gasteiger partial charge in [0.1, 0.15) is 5.82 Å². The monoisotopic (exact) mass is 343 g/mol. The van der Waals surface area contributed by atoms with E-state index >= 15 is 0 Å². The number of aromatic nitrogens is 1. The van der Waals surface area contributed by atoms with Crippen LogP contribution in [0.5, 0.6) is 0 Å². The highest BCUT2D eigenvalue weighted by Gasteiger charge is 2.29. The largest absolute Gasteiger partial charge is 0.356 e. The average Bonchev–Trinajstić information content (AvgIpc) is 2.95. The molecule has 4 heterocycles. The van der Waals surface area contributed by atoms with Gasteiger partial charge in [0.05, 0.1) is 0 Å². The van der Waals surface area contributed by atoms with Crippen LogP contribution in [0.25, 0.3) is 10.1 Å². The highest BCUT2D eigenvalue weighted by molar-refractivity contribution is 7.17. The number of nitrogens with zero attached hydrogens (tertiary/aromatic N) is 3. The Morgan fingerprint density at radius 2 is 1.79 bits per heavy atom. The van der Waals surface area contributed by atoms with Crippen LogP contribution in [-0.2, 0) is 4.79 Å². The van der Waals surface area contributed by atoms with Crippen molar-refractivity contribution in [3.05, 3.63) is 23.7 Å². The lowest BCUT2D eigenvalue weighted by atomic mass is 9.95. The smallest absolute Gasteiger partial charge is 0.225 e. The standard InChI is InChI=1S/C19H25N3OS/c23-19(22-10-3-1-2-4-11-22)15-6-12-21(13-7-15)18-16-8-14-24-17(16)5-9-20-18/h5,8-9,14-15H,1-4,6-7,10-13H2. The summed E-state index contributed by atoms with van der Waals surface area (Å²) in [7, 11) is 0. The summed E-state index contributed by atoms with van der Waals surface area (Å²) in [5.74, 6) is 1.70. The van der Waals surface area contributed by atoms with Gasteiger partial charge in [-0.2, -0.15) is 0 Å². The number of piperidine rings is 1. The van der Waals surface area contributed by atoms with Crippen molar-refractivity contribution in [2.24, 2.45) is 5.92 Å². The van der Waals surface area contributed by atoms with E-state index in [1.165, 1.54) is 35.8 Å². The molecule has 2 aliphatic heterocycles. The molecule has 24 heavy (non-hydrogen) atoms. The minimum Gasteiger partial charge on any atom is -0.356 e. The maximum Gasteiger partial charge on any atom is 0.225 e. The topological polar surface area (TPSA) is 36.4 Å². The third kappa shape index (κ3) is 3.14. The van der Waals surface area contributed by atoms with Crippen LogP contribution in [0, 0.1) is 5.92 Å². The van der Waals surface area contributed by atoms with E-state index in [1.54, 1.807) is 11.3 Å². The van der Waals surface area contributed by atoms with E-state index in [0.717, 1.165) is 44.8 Å². The molecule has 0 saturated carbocycles. The Morgan fingerprint density at radius 3 is 2.54 bits per heavy atom. The van der Waals surface area contributed by atoms with Crippen molar-refractivity contribution in [1.29, 1.82) is 0 Å². The Kier molecular flexibility index (Phi) is 4.69. The minimum absolute atomic E-state index is 0.209. The number of amides is 1. The Balaban J connectivity index is 1.41. The van der Waals surface area contributed by atoms with Crippen molar-refractivity contribution in [1.82, 2.24) is 9.88 Å². The molecule has 2 aromatic heterocycles. The summed E-state index contributed by atoms with van der Waals surface area (Å²) in [5, 5.41) is 3.38. The Hall–Kier alpha value is -1.62. The van der Waals surface area contributed by atoms with Gasteiger partial charge < -0.3 is 9.80 Å². The maximum absolute atomic E-state index is 12.8. The van der Waals surface area contributed by atoms with Crippen LogP contribution in [0.1, 0.15) is 38.5 Å². The lowest BCUT2D eigenvalue weighted by molar-refractivity contribution is -0.136.